The minimum atomic E-state index is -0.396. The molecule has 0 aliphatic rings. The summed E-state index contributed by atoms with van der Waals surface area (Å²) in [5.74, 6) is 5.36. The highest BCUT2D eigenvalue weighted by Gasteiger charge is 2.20. The second-order valence-corrected chi connectivity index (χ2v) is 6.10. The number of rotatable bonds is 4. The molecule has 0 saturated heterocycles. The summed E-state index contributed by atoms with van der Waals surface area (Å²) in [4.78, 5) is 0.927. The Morgan fingerprint density at radius 2 is 2.17 bits per heavy atom. The van der Waals surface area contributed by atoms with E-state index in [4.69, 9.17) is 10.6 Å². The highest BCUT2D eigenvalue weighted by atomic mass is 79.9. The Hall–Kier alpha value is -0.950. The number of halogens is 2. The van der Waals surface area contributed by atoms with E-state index in [1.54, 1.807) is 18.2 Å². The van der Waals surface area contributed by atoms with E-state index in [1.165, 1.54) is 18.4 Å². The molecule has 0 aliphatic carbocycles. The molecule has 1 heterocycles. The molecule has 1 unspecified atom stereocenters. The number of ether oxygens (including phenoxy) is 1. The molecule has 0 aliphatic heterocycles. The fourth-order valence-electron chi connectivity index (χ4n) is 1.72. The van der Waals surface area contributed by atoms with E-state index in [9.17, 15) is 4.39 Å². The average molecular weight is 331 g/mol. The number of hydrogen-bond acceptors (Lipinski definition) is 4. The van der Waals surface area contributed by atoms with Gasteiger partial charge in [0.15, 0.2) is 11.6 Å². The third-order valence-corrected chi connectivity index (χ3v) is 4.26. The molecular formula is C12H12BrFN2OS. The number of hydrogen-bond donors (Lipinski definition) is 2. The maximum absolute atomic E-state index is 14.2. The summed E-state index contributed by atoms with van der Waals surface area (Å²) in [6, 6.07) is 8.42. The summed E-state index contributed by atoms with van der Waals surface area (Å²) in [5.41, 5.74) is 3.10. The fraction of sp³-hybridized carbons (Fsp3) is 0.167. The van der Waals surface area contributed by atoms with E-state index < -0.39 is 11.9 Å². The van der Waals surface area contributed by atoms with Crippen LogP contribution in [0.3, 0.4) is 0 Å². The number of thiophene rings is 1. The van der Waals surface area contributed by atoms with Crippen molar-refractivity contribution in [2.24, 2.45) is 5.84 Å². The summed E-state index contributed by atoms with van der Waals surface area (Å²) in [6.07, 6.45) is 0. The van der Waals surface area contributed by atoms with Crippen molar-refractivity contribution >= 4 is 27.3 Å². The van der Waals surface area contributed by atoms with Crippen LogP contribution >= 0.6 is 27.3 Å². The van der Waals surface area contributed by atoms with Gasteiger partial charge in [0, 0.05) is 10.4 Å². The molecule has 2 aromatic rings. The minimum absolute atomic E-state index is 0.211. The highest BCUT2D eigenvalue weighted by Crippen LogP contribution is 2.33. The van der Waals surface area contributed by atoms with E-state index >= 15 is 0 Å². The fourth-order valence-corrected chi connectivity index (χ4v) is 3.22. The van der Waals surface area contributed by atoms with Crippen LogP contribution in [0, 0.1) is 5.82 Å². The minimum Gasteiger partial charge on any atom is -0.494 e. The molecule has 3 N–H and O–H groups in total. The van der Waals surface area contributed by atoms with E-state index in [0.29, 0.717) is 5.56 Å². The predicted octanol–water partition coefficient (Wildman–Crippen LogP) is 3.21. The maximum atomic E-state index is 14.2. The first kappa shape index (κ1) is 13.5. The molecule has 0 spiro atoms. The summed E-state index contributed by atoms with van der Waals surface area (Å²) in [7, 11) is 1.44. The zero-order chi connectivity index (χ0) is 13.1. The molecular weight excluding hydrogens is 319 g/mol. The zero-order valence-electron chi connectivity index (χ0n) is 9.61. The summed E-state index contributed by atoms with van der Waals surface area (Å²) >= 11 is 4.88. The molecule has 1 atom stereocenters. The van der Waals surface area contributed by atoms with Crippen LogP contribution in [0.25, 0.3) is 0 Å². The van der Waals surface area contributed by atoms with Crippen LogP contribution in [0.15, 0.2) is 34.1 Å². The molecule has 0 bridgehead atoms. The molecule has 0 saturated carbocycles. The van der Waals surface area contributed by atoms with Crippen LogP contribution in [0.1, 0.15) is 16.5 Å². The van der Waals surface area contributed by atoms with Crippen LogP contribution in [-0.2, 0) is 0 Å². The molecule has 2 rings (SSSR count). The first-order chi connectivity index (χ1) is 8.67. The quantitative estimate of drug-likeness (QED) is 0.668. The smallest absolute Gasteiger partial charge is 0.170 e. The molecule has 1 aromatic heterocycles. The van der Waals surface area contributed by atoms with Gasteiger partial charge in [-0.1, -0.05) is 12.1 Å². The number of hydrazine groups is 1. The van der Waals surface area contributed by atoms with Gasteiger partial charge in [0.2, 0.25) is 0 Å². The van der Waals surface area contributed by atoms with Gasteiger partial charge in [0.25, 0.3) is 0 Å². The Bertz CT molecular complexity index is 547. The molecule has 0 radical (unpaired) electrons. The first-order valence-electron chi connectivity index (χ1n) is 5.21. The third-order valence-electron chi connectivity index (χ3n) is 2.57. The van der Waals surface area contributed by atoms with Gasteiger partial charge in [0.05, 0.1) is 16.9 Å². The van der Waals surface area contributed by atoms with Crippen LogP contribution in [-0.4, -0.2) is 7.11 Å². The summed E-state index contributed by atoms with van der Waals surface area (Å²) in [6.45, 7) is 0. The molecule has 0 amide bonds. The van der Waals surface area contributed by atoms with Crippen LogP contribution < -0.4 is 16.0 Å². The van der Waals surface area contributed by atoms with Crippen molar-refractivity contribution in [2.45, 2.75) is 6.04 Å². The van der Waals surface area contributed by atoms with Gasteiger partial charge in [-0.05, 0) is 34.1 Å². The number of nitrogens with two attached hydrogens (primary N) is 1. The van der Waals surface area contributed by atoms with Crippen molar-refractivity contribution in [1.29, 1.82) is 0 Å². The largest absolute Gasteiger partial charge is 0.494 e. The van der Waals surface area contributed by atoms with Crippen molar-refractivity contribution in [3.8, 4) is 5.75 Å². The standard InChI is InChI=1S/C12H12BrFN2OS/c1-17-8-4-2-3-7(11(8)14)12(16-15)9-5-6-10(13)18-9/h2-6,12,16H,15H2,1H3. The molecule has 1 aromatic carbocycles. The monoisotopic (exact) mass is 330 g/mol. The Kier molecular flexibility index (Phi) is 4.34. The second-order valence-electron chi connectivity index (χ2n) is 3.61. The van der Waals surface area contributed by atoms with Crippen molar-refractivity contribution in [1.82, 2.24) is 5.43 Å². The lowest BCUT2D eigenvalue weighted by molar-refractivity contribution is 0.382. The van der Waals surface area contributed by atoms with E-state index in [1.807, 2.05) is 12.1 Å². The lowest BCUT2D eigenvalue weighted by Gasteiger charge is -2.16. The van der Waals surface area contributed by atoms with Gasteiger partial charge >= 0.3 is 0 Å². The van der Waals surface area contributed by atoms with Gasteiger partial charge in [-0.25, -0.2) is 9.82 Å². The SMILES string of the molecule is COc1cccc(C(NN)c2ccc(Br)s2)c1F. The van der Waals surface area contributed by atoms with E-state index in [2.05, 4.69) is 21.4 Å². The number of nitrogens with one attached hydrogen (secondary N) is 1. The van der Waals surface area contributed by atoms with Gasteiger partial charge in [-0.15, -0.1) is 11.3 Å². The van der Waals surface area contributed by atoms with Crippen LogP contribution in [0.4, 0.5) is 4.39 Å². The van der Waals surface area contributed by atoms with Crippen LogP contribution in [0.5, 0.6) is 5.75 Å². The normalized spacial score (nSPS) is 12.4. The van der Waals surface area contributed by atoms with Crippen molar-refractivity contribution < 1.29 is 9.13 Å². The van der Waals surface area contributed by atoms with Crippen molar-refractivity contribution in [2.75, 3.05) is 7.11 Å². The highest BCUT2D eigenvalue weighted by molar-refractivity contribution is 9.11. The van der Waals surface area contributed by atoms with Crippen molar-refractivity contribution in [3.63, 3.8) is 0 Å². The Labute approximate surface area is 117 Å². The Morgan fingerprint density at radius 1 is 1.39 bits per heavy atom. The number of methoxy groups -OCH3 is 1. The van der Waals surface area contributed by atoms with Gasteiger partial charge < -0.3 is 4.74 Å². The van der Waals surface area contributed by atoms with Gasteiger partial charge in [0.1, 0.15) is 0 Å². The maximum Gasteiger partial charge on any atom is 0.170 e. The molecule has 6 heteroatoms. The van der Waals surface area contributed by atoms with Crippen LogP contribution in [0.2, 0.25) is 0 Å². The predicted molar refractivity (Wildman–Crippen MR) is 74.1 cm³/mol. The second kappa shape index (κ2) is 5.79. The lowest BCUT2D eigenvalue weighted by atomic mass is 10.0. The molecule has 96 valence electrons. The van der Waals surface area contributed by atoms with Crippen molar-refractivity contribution in [3.05, 3.63) is 50.4 Å². The number of benzene rings is 1. The Balaban J connectivity index is 2.45. The van der Waals surface area contributed by atoms with Gasteiger partial charge in [-0.2, -0.15) is 0 Å². The molecule has 0 fully saturated rings. The topological polar surface area (TPSA) is 47.3 Å². The van der Waals surface area contributed by atoms with E-state index in [-0.39, 0.29) is 5.75 Å². The molecule has 3 nitrogen and oxygen atoms in total. The average Bonchev–Trinajstić information content (AvgIpc) is 2.79. The van der Waals surface area contributed by atoms with Gasteiger partial charge in [-0.3, -0.25) is 5.84 Å². The summed E-state index contributed by atoms with van der Waals surface area (Å²) in [5, 5.41) is 0. The third kappa shape index (κ3) is 2.56. The van der Waals surface area contributed by atoms with E-state index in [0.717, 1.165) is 8.66 Å². The zero-order valence-corrected chi connectivity index (χ0v) is 12.0. The molecule has 18 heavy (non-hydrogen) atoms. The Morgan fingerprint density at radius 3 is 2.72 bits per heavy atom. The summed E-state index contributed by atoms with van der Waals surface area (Å²) < 4.78 is 20.1. The lowest BCUT2D eigenvalue weighted by Crippen LogP contribution is -2.29. The first-order valence-corrected chi connectivity index (χ1v) is 6.82.